The quantitative estimate of drug-likeness (QED) is 0.894. The monoisotopic (exact) mass is 362 g/mol. The smallest absolute Gasteiger partial charge is 0.264 e. The summed E-state index contributed by atoms with van der Waals surface area (Å²) in [6.07, 6.45) is 4.13. The van der Waals surface area contributed by atoms with Crippen molar-refractivity contribution >= 4 is 17.7 Å². The standard InChI is InChI=1S/C19H26N2O3S/c22-19(18-13-23-16-3-1-2-4-17(16)24-18)20-14-5-9-21(10-6-14)15-7-11-25-12-8-15/h1-4,14-15,18H,5-13H2,(H,20,22)/t18-/m0/s1. The molecule has 1 aromatic carbocycles. The van der Waals surface area contributed by atoms with Gasteiger partial charge in [0.15, 0.2) is 11.5 Å². The molecular weight excluding hydrogens is 336 g/mol. The second kappa shape index (κ2) is 7.87. The maximum Gasteiger partial charge on any atom is 0.264 e. The van der Waals surface area contributed by atoms with Gasteiger partial charge in [-0.15, -0.1) is 0 Å². The minimum Gasteiger partial charge on any atom is -0.485 e. The van der Waals surface area contributed by atoms with Gasteiger partial charge in [0.2, 0.25) is 6.10 Å². The molecule has 0 saturated carbocycles. The highest BCUT2D eigenvalue weighted by Gasteiger charge is 2.31. The summed E-state index contributed by atoms with van der Waals surface area (Å²) in [4.78, 5) is 15.2. The largest absolute Gasteiger partial charge is 0.485 e. The Labute approximate surface area is 153 Å². The number of hydrogen-bond acceptors (Lipinski definition) is 5. The molecule has 0 spiro atoms. The molecule has 3 heterocycles. The van der Waals surface area contributed by atoms with Crippen LogP contribution in [0.15, 0.2) is 24.3 Å². The van der Waals surface area contributed by atoms with Crippen LogP contribution in [-0.4, -0.2) is 60.2 Å². The van der Waals surface area contributed by atoms with Crippen molar-refractivity contribution in [1.29, 1.82) is 0 Å². The zero-order valence-electron chi connectivity index (χ0n) is 14.5. The molecule has 0 radical (unpaired) electrons. The average molecular weight is 362 g/mol. The maximum atomic E-state index is 12.5. The lowest BCUT2D eigenvalue weighted by Crippen LogP contribution is -2.52. The fraction of sp³-hybridized carbons (Fsp3) is 0.632. The molecule has 1 aromatic rings. The van der Waals surface area contributed by atoms with Crippen molar-refractivity contribution in [3.8, 4) is 11.5 Å². The van der Waals surface area contributed by atoms with Crippen LogP contribution in [0.25, 0.3) is 0 Å². The number of benzene rings is 1. The number of carbonyl (C=O) groups excluding carboxylic acids is 1. The van der Waals surface area contributed by atoms with E-state index in [1.165, 1.54) is 24.3 Å². The summed E-state index contributed by atoms with van der Waals surface area (Å²) in [6.45, 7) is 2.46. The summed E-state index contributed by atoms with van der Waals surface area (Å²) in [5.41, 5.74) is 0. The van der Waals surface area contributed by atoms with Gasteiger partial charge in [-0.25, -0.2) is 0 Å². The molecule has 136 valence electrons. The van der Waals surface area contributed by atoms with Crippen LogP contribution in [0.2, 0.25) is 0 Å². The van der Waals surface area contributed by atoms with Gasteiger partial charge in [-0.3, -0.25) is 4.79 Å². The highest BCUT2D eigenvalue weighted by molar-refractivity contribution is 7.99. The molecule has 6 heteroatoms. The van der Waals surface area contributed by atoms with E-state index in [4.69, 9.17) is 9.47 Å². The third kappa shape index (κ3) is 4.06. The van der Waals surface area contributed by atoms with Gasteiger partial charge < -0.3 is 19.7 Å². The summed E-state index contributed by atoms with van der Waals surface area (Å²) in [5, 5.41) is 3.17. The van der Waals surface area contributed by atoms with Crippen LogP contribution in [-0.2, 0) is 4.79 Å². The lowest BCUT2D eigenvalue weighted by Gasteiger charge is -2.39. The minimum atomic E-state index is -0.553. The predicted octanol–water partition coefficient (Wildman–Crippen LogP) is 2.30. The molecule has 3 aliphatic rings. The molecule has 2 fully saturated rings. The SMILES string of the molecule is O=C(NC1CCN(C2CCSCC2)CC1)[C@@H]1COc2ccccc2O1. The van der Waals surface area contributed by atoms with E-state index in [1.54, 1.807) is 0 Å². The number of ether oxygens (including phenoxy) is 2. The highest BCUT2D eigenvalue weighted by Crippen LogP contribution is 2.31. The number of fused-ring (bicyclic) bond motifs is 1. The van der Waals surface area contributed by atoms with E-state index < -0.39 is 6.10 Å². The van der Waals surface area contributed by atoms with E-state index in [0.29, 0.717) is 11.5 Å². The summed E-state index contributed by atoms with van der Waals surface area (Å²) in [7, 11) is 0. The second-order valence-corrected chi connectivity index (χ2v) is 8.25. The molecule has 5 nitrogen and oxygen atoms in total. The molecule has 1 atom stereocenters. The van der Waals surface area contributed by atoms with Crippen molar-refractivity contribution in [1.82, 2.24) is 10.2 Å². The molecule has 0 bridgehead atoms. The normalized spacial score (nSPS) is 25.5. The van der Waals surface area contributed by atoms with Crippen LogP contribution in [0.4, 0.5) is 0 Å². The number of carbonyl (C=O) groups is 1. The van der Waals surface area contributed by atoms with Crippen LogP contribution in [0.1, 0.15) is 25.7 Å². The Morgan fingerprint density at radius 3 is 2.56 bits per heavy atom. The van der Waals surface area contributed by atoms with Gasteiger partial charge >= 0.3 is 0 Å². The van der Waals surface area contributed by atoms with Crippen molar-refractivity contribution in [2.45, 2.75) is 43.9 Å². The molecule has 3 aliphatic heterocycles. The number of nitrogens with zero attached hydrogens (tertiary/aromatic N) is 1. The van der Waals surface area contributed by atoms with E-state index >= 15 is 0 Å². The van der Waals surface area contributed by atoms with E-state index in [9.17, 15) is 4.79 Å². The Bertz CT molecular complexity index is 598. The third-order valence-corrected chi connectivity index (χ3v) is 6.43. The molecule has 0 unspecified atom stereocenters. The first-order valence-electron chi connectivity index (χ1n) is 9.30. The van der Waals surface area contributed by atoms with Crippen molar-refractivity contribution in [3.05, 3.63) is 24.3 Å². The summed E-state index contributed by atoms with van der Waals surface area (Å²) < 4.78 is 11.4. The van der Waals surface area contributed by atoms with E-state index in [-0.39, 0.29) is 18.6 Å². The Hall–Kier alpha value is -1.40. The summed E-state index contributed by atoms with van der Waals surface area (Å²) >= 11 is 2.07. The van der Waals surface area contributed by atoms with Crippen LogP contribution in [0.3, 0.4) is 0 Å². The summed E-state index contributed by atoms with van der Waals surface area (Å²) in [6, 6.07) is 8.51. The van der Waals surface area contributed by atoms with Crippen molar-refractivity contribution in [3.63, 3.8) is 0 Å². The van der Waals surface area contributed by atoms with E-state index in [0.717, 1.165) is 32.0 Å². The van der Waals surface area contributed by atoms with Crippen LogP contribution >= 0.6 is 11.8 Å². The summed E-state index contributed by atoms with van der Waals surface area (Å²) in [5.74, 6) is 3.90. The van der Waals surface area contributed by atoms with Gasteiger partial charge in [0.05, 0.1) is 0 Å². The number of thioether (sulfide) groups is 1. The second-order valence-electron chi connectivity index (χ2n) is 7.03. The number of hydrogen-bond donors (Lipinski definition) is 1. The number of piperidine rings is 1. The maximum absolute atomic E-state index is 12.5. The average Bonchev–Trinajstić information content (AvgIpc) is 2.69. The number of likely N-dealkylation sites (tertiary alicyclic amines) is 1. The van der Waals surface area contributed by atoms with Crippen LogP contribution < -0.4 is 14.8 Å². The number of rotatable bonds is 3. The van der Waals surface area contributed by atoms with Crippen molar-refractivity contribution < 1.29 is 14.3 Å². The van der Waals surface area contributed by atoms with Crippen molar-refractivity contribution in [2.75, 3.05) is 31.2 Å². The Kier molecular flexibility index (Phi) is 5.36. The van der Waals surface area contributed by atoms with Crippen molar-refractivity contribution in [2.24, 2.45) is 0 Å². The molecule has 0 aliphatic carbocycles. The van der Waals surface area contributed by atoms with E-state index in [1.807, 2.05) is 24.3 Å². The lowest BCUT2D eigenvalue weighted by atomic mass is 10.0. The number of para-hydroxylation sites is 2. The van der Waals surface area contributed by atoms with Gasteiger partial charge in [-0.05, 0) is 49.3 Å². The first-order chi connectivity index (χ1) is 12.3. The number of nitrogens with one attached hydrogen (secondary N) is 1. The number of amides is 1. The zero-order chi connectivity index (χ0) is 17.1. The van der Waals surface area contributed by atoms with Crippen LogP contribution in [0, 0.1) is 0 Å². The first kappa shape index (κ1) is 17.0. The molecule has 1 N–H and O–H groups in total. The van der Waals surface area contributed by atoms with Gasteiger partial charge in [0, 0.05) is 25.2 Å². The van der Waals surface area contributed by atoms with Gasteiger partial charge in [-0.1, -0.05) is 12.1 Å². The fourth-order valence-electron chi connectivity index (χ4n) is 3.90. The van der Waals surface area contributed by atoms with Gasteiger partial charge in [0.1, 0.15) is 6.61 Å². The Balaban J connectivity index is 1.25. The topological polar surface area (TPSA) is 50.8 Å². The van der Waals surface area contributed by atoms with Gasteiger partial charge in [-0.2, -0.15) is 11.8 Å². The zero-order valence-corrected chi connectivity index (χ0v) is 15.3. The van der Waals surface area contributed by atoms with E-state index in [2.05, 4.69) is 22.0 Å². The molecule has 2 saturated heterocycles. The third-order valence-electron chi connectivity index (χ3n) is 5.38. The molecule has 4 rings (SSSR count). The molecular formula is C19H26N2O3S. The predicted molar refractivity (Wildman–Crippen MR) is 99.4 cm³/mol. The van der Waals surface area contributed by atoms with Crippen LogP contribution in [0.5, 0.6) is 11.5 Å². The Morgan fingerprint density at radius 2 is 1.80 bits per heavy atom. The molecule has 25 heavy (non-hydrogen) atoms. The lowest BCUT2D eigenvalue weighted by molar-refractivity contribution is -0.131. The van der Waals surface area contributed by atoms with Gasteiger partial charge in [0.25, 0.3) is 5.91 Å². The highest BCUT2D eigenvalue weighted by atomic mass is 32.2. The molecule has 1 amide bonds. The minimum absolute atomic E-state index is 0.0537. The first-order valence-corrected chi connectivity index (χ1v) is 10.5. The molecule has 0 aromatic heterocycles. The Morgan fingerprint density at radius 1 is 1.08 bits per heavy atom. The fourth-order valence-corrected chi connectivity index (χ4v) is 4.98.